The van der Waals surface area contributed by atoms with Gasteiger partial charge in [-0.15, -0.1) is 10.2 Å². The van der Waals surface area contributed by atoms with Crippen molar-refractivity contribution in [1.82, 2.24) is 14.6 Å². The van der Waals surface area contributed by atoms with E-state index in [1.807, 2.05) is 42.6 Å². The number of fused-ring (bicyclic) bond motifs is 1. The molecule has 0 aliphatic rings. The van der Waals surface area contributed by atoms with Crippen LogP contribution in [0.2, 0.25) is 0 Å². The molecule has 0 aliphatic heterocycles. The third-order valence-electron chi connectivity index (χ3n) is 2.76. The van der Waals surface area contributed by atoms with Crippen LogP contribution in [0.4, 0.5) is 0 Å². The molecule has 0 saturated heterocycles. The van der Waals surface area contributed by atoms with Crippen LogP contribution in [0, 0.1) is 16.7 Å². The first-order valence-electron chi connectivity index (χ1n) is 5.96. The van der Waals surface area contributed by atoms with Crippen LogP contribution in [0.5, 0.6) is 0 Å². The summed E-state index contributed by atoms with van der Waals surface area (Å²) in [5, 5.41) is 18.1. The molecular weight excluding hydrogens is 244 g/mol. The minimum absolute atomic E-state index is 0.229. The van der Waals surface area contributed by atoms with E-state index in [1.165, 1.54) is 0 Å². The van der Waals surface area contributed by atoms with E-state index in [2.05, 4.69) is 16.3 Å². The van der Waals surface area contributed by atoms with Crippen LogP contribution < -0.4 is 0 Å². The van der Waals surface area contributed by atoms with E-state index in [-0.39, 0.29) is 5.41 Å². The Balaban J connectivity index is 1.90. The summed E-state index contributed by atoms with van der Waals surface area (Å²) in [6, 6.07) is 8.19. The Morgan fingerprint density at radius 1 is 1.39 bits per heavy atom. The number of thioether (sulfide) groups is 1. The Hall–Kier alpha value is -1.54. The molecule has 5 heteroatoms. The lowest BCUT2D eigenvalue weighted by Crippen LogP contribution is -2.07. The van der Waals surface area contributed by atoms with Crippen LogP contribution in [0.25, 0.3) is 5.65 Å². The van der Waals surface area contributed by atoms with Gasteiger partial charge in [-0.25, -0.2) is 0 Å². The van der Waals surface area contributed by atoms with Crippen molar-refractivity contribution in [3.05, 3.63) is 24.4 Å². The molecule has 2 rings (SSSR count). The fourth-order valence-corrected chi connectivity index (χ4v) is 2.51. The summed E-state index contributed by atoms with van der Waals surface area (Å²) in [6.45, 7) is 3.95. The summed E-state index contributed by atoms with van der Waals surface area (Å²) >= 11 is 1.69. The van der Waals surface area contributed by atoms with E-state index in [1.54, 1.807) is 11.8 Å². The largest absolute Gasteiger partial charge is 0.277 e. The second kappa shape index (κ2) is 5.40. The summed E-state index contributed by atoms with van der Waals surface area (Å²) in [4.78, 5) is 0. The first-order chi connectivity index (χ1) is 8.62. The SMILES string of the molecule is CC(C)(C#N)CCCSc1nnc2ccccn12. The van der Waals surface area contributed by atoms with Crippen LogP contribution in [0.15, 0.2) is 29.6 Å². The van der Waals surface area contributed by atoms with Crippen molar-refractivity contribution in [2.24, 2.45) is 5.41 Å². The lowest BCUT2D eigenvalue weighted by Gasteiger charge is -2.13. The minimum atomic E-state index is -0.229. The van der Waals surface area contributed by atoms with Gasteiger partial charge in [-0.3, -0.25) is 4.40 Å². The van der Waals surface area contributed by atoms with Crippen LogP contribution in [0.1, 0.15) is 26.7 Å². The predicted octanol–water partition coefficient (Wildman–Crippen LogP) is 3.15. The average molecular weight is 260 g/mol. The van der Waals surface area contributed by atoms with E-state index in [9.17, 15) is 0 Å². The minimum Gasteiger partial charge on any atom is -0.277 e. The fourth-order valence-electron chi connectivity index (χ4n) is 1.65. The van der Waals surface area contributed by atoms with Gasteiger partial charge < -0.3 is 0 Å². The summed E-state index contributed by atoms with van der Waals surface area (Å²) in [6.07, 6.45) is 3.89. The molecule has 94 valence electrons. The van der Waals surface area contributed by atoms with Crippen molar-refractivity contribution >= 4 is 17.4 Å². The van der Waals surface area contributed by atoms with E-state index in [0.717, 1.165) is 29.4 Å². The molecule has 2 heterocycles. The molecular formula is C13H16N4S. The Morgan fingerprint density at radius 2 is 2.22 bits per heavy atom. The summed E-state index contributed by atoms with van der Waals surface area (Å²) in [7, 11) is 0. The van der Waals surface area contributed by atoms with E-state index < -0.39 is 0 Å². The van der Waals surface area contributed by atoms with E-state index >= 15 is 0 Å². The normalized spacial score (nSPS) is 11.6. The molecule has 0 atom stereocenters. The van der Waals surface area contributed by atoms with Crippen molar-refractivity contribution in [2.75, 3.05) is 5.75 Å². The maximum absolute atomic E-state index is 8.94. The van der Waals surface area contributed by atoms with Gasteiger partial charge in [-0.2, -0.15) is 5.26 Å². The predicted molar refractivity (Wildman–Crippen MR) is 72.3 cm³/mol. The van der Waals surface area contributed by atoms with Gasteiger partial charge in [0, 0.05) is 11.9 Å². The second-order valence-electron chi connectivity index (χ2n) is 4.86. The molecule has 0 amide bonds. The van der Waals surface area contributed by atoms with Gasteiger partial charge in [-0.05, 0) is 38.8 Å². The number of aromatic nitrogens is 3. The number of rotatable bonds is 5. The van der Waals surface area contributed by atoms with E-state index in [4.69, 9.17) is 5.26 Å². The third-order valence-corrected chi connectivity index (χ3v) is 3.79. The zero-order valence-electron chi connectivity index (χ0n) is 10.6. The number of nitriles is 1. The fraction of sp³-hybridized carbons (Fsp3) is 0.462. The molecule has 0 fully saturated rings. The van der Waals surface area contributed by atoms with Gasteiger partial charge in [0.25, 0.3) is 0 Å². The molecule has 0 aliphatic carbocycles. The average Bonchev–Trinajstić information content (AvgIpc) is 2.78. The molecule has 4 nitrogen and oxygen atoms in total. The van der Waals surface area contributed by atoms with Crippen LogP contribution in [-0.2, 0) is 0 Å². The van der Waals surface area contributed by atoms with Gasteiger partial charge in [0.1, 0.15) is 0 Å². The summed E-state index contributed by atoms with van der Waals surface area (Å²) in [5.41, 5.74) is 0.644. The lowest BCUT2D eigenvalue weighted by atomic mass is 9.90. The molecule has 0 unspecified atom stereocenters. The Morgan fingerprint density at radius 3 is 3.00 bits per heavy atom. The van der Waals surface area contributed by atoms with Crippen LogP contribution in [0.3, 0.4) is 0 Å². The highest BCUT2D eigenvalue weighted by molar-refractivity contribution is 7.99. The van der Waals surface area contributed by atoms with Crippen molar-refractivity contribution in [2.45, 2.75) is 31.8 Å². The maximum atomic E-state index is 8.94. The van der Waals surface area contributed by atoms with Gasteiger partial charge in [-0.1, -0.05) is 17.8 Å². The second-order valence-corrected chi connectivity index (χ2v) is 5.92. The number of hydrogen-bond donors (Lipinski definition) is 0. The highest BCUT2D eigenvalue weighted by atomic mass is 32.2. The standard InChI is InChI=1S/C13H16N4S/c1-13(2,10-14)7-5-9-18-12-16-15-11-6-3-4-8-17(11)12/h3-4,6,8H,5,7,9H2,1-2H3. The van der Waals surface area contributed by atoms with Crippen LogP contribution >= 0.6 is 11.8 Å². The molecule has 0 spiro atoms. The molecule has 2 aromatic heterocycles. The first kappa shape index (κ1) is 12.9. The van der Waals surface area contributed by atoms with Crippen molar-refractivity contribution in [3.63, 3.8) is 0 Å². The number of nitrogens with zero attached hydrogens (tertiary/aromatic N) is 4. The maximum Gasteiger partial charge on any atom is 0.195 e. The van der Waals surface area contributed by atoms with Gasteiger partial charge in [0.2, 0.25) is 0 Å². The Bertz CT molecular complexity index is 568. The zero-order chi connectivity index (χ0) is 13.0. The molecule has 0 bridgehead atoms. The summed E-state index contributed by atoms with van der Waals surface area (Å²) in [5.74, 6) is 0.959. The molecule has 2 aromatic rings. The van der Waals surface area contributed by atoms with Gasteiger partial charge >= 0.3 is 0 Å². The topological polar surface area (TPSA) is 54.0 Å². The highest BCUT2D eigenvalue weighted by Gasteiger charge is 2.15. The van der Waals surface area contributed by atoms with Crippen molar-refractivity contribution in [3.8, 4) is 6.07 Å². The quantitative estimate of drug-likeness (QED) is 0.612. The number of hydrogen-bond acceptors (Lipinski definition) is 4. The van der Waals surface area contributed by atoms with Crippen molar-refractivity contribution in [1.29, 1.82) is 5.26 Å². The molecule has 0 saturated carbocycles. The van der Waals surface area contributed by atoms with Crippen molar-refractivity contribution < 1.29 is 0 Å². The highest BCUT2D eigenvalue weighted by Crippen LogP contribution is 2.24. The molecule has 0 N–H and O–H groups in total. The molecule has 18 heavy (non-hydrogen) atoms. The smallest absolute Gasteiger partial charge is 0.195 e. The van der Waals surface area contributed by atoms with Gasteiger partial charge in [0.05, 0.1) is 11.5 Å². The van der Waals surface area contributed by atoms with E-state index in [0.29, 0.717) is 0 Å². The Labute approximate surface area is 111 Å². The Kier molecular flexibility index (Phi) is 3.87. The first-order valence-corrected chi connectivity index (χ1v) is 6.95. The van der Waals surface area contributed by atoms with Gasteiger partial charge in [0.15, 0.2) is 10.8 Å². The molecule has 0 aromatic carbocycles. The third kappa shape index (κ3) is 3.02. The summed E-state index contributed by atoms with van der Waals surface area (Å²) < 4.78 is 1.99. The lowest BCUT2D eigenvalue weighted by molar-refractivity contribution is 0.447. The monoisotopic (exact) mass is 260 g/mol. The molecule has 0 radical (unpaired) electrons. The van der Waals surface area contributed by atoms with Crippen LogP contribution in [-0.4, -0.2) is 20.4 Å². The zero-order valence-corrected chi connectivity index (χ0v) is 11.4. The number of pyridine rings is 1.